The minimum Gasteiger partial charge on any atom is -0.368 e. The molecule has 0 saturated carbocycles. The molecule has 10 heavy (non-hydrogen) atoms. The third kappa shape index (κ3) is 0.844. The number of hydrogen-bond acceptors (Lipinski definition) is 4. The first-order chi connectivity index (χ1) is 4.86. The minimum atomic E-state index is 0.383. The highest BCUT2D eigenvalue weighted by Gasteiger charge is 2.12. The van der Waals surface area contributed by atoms with Crippen LogP contribution in [0.2, 0.25) is 0 Å². The van der Waals surface area contributed by atoms with Crippen LogP contribution in [-0.2, 0) is 6.42 Å². The molecule has 1 aromatic rings. The molecular weight excluding hydrogens is 146 g/mol. The number of rotatable bonds is 0. The van der Waals surface area contributed by atoms with Crippen molar-refractivity contribution in [1.29, 1.82) is 0 Å². The van der Waals surface area contributed by atoms with Crippen molar-refractivity contribution in [3.8, 4) is 0 Å². The van der Waals surface area contributed by atoms with Gasteiger partial charge < -0.3 is 5.73 Å². The Kier molecular flexibility index (Phi) is 1.27. The Morgan fingerprint density at radius 3 is 3.40 bits per heavy atom. The summed E-state index contributed by atoms with van der Waals surface area (Å²) >= 11 is 1.75. The molecule has 0 saturated heterocycles. The molecule has 0 bridgehead atoms. The predicted octanol–water partition coefficient (Wildman–Crippen LogP) is 0.707. The van der Waals surface area contributed by atoms with Gasteiger partial charge in [-0.3, -0.25) is 0 Å². The predicted molar refractivity (Wildman–Crippen MR) is 40.9 cm³/mol. The number of nitrogens with two attached hydrogens (primary N) is 1. The van der Waals surface area contributed by atoms with Gasteiger partial charge in [0.2, 0.25) is 5.95 Å². The lowest BCUT2D eigenvalue weighted by atomic mass is 10.3. The van der Waals surface area contributed by atoms with Crippen LogP contribution in [0.4, 0.5) is 5.95 Å². The highest BCUT2D eigenvalue weighted by atomic mass is 32.2. The van der Waals surface area contributed by atoms with Crippen LogP contribution in [0, 0.1) is 0 Å². The largest absolute Gasteiger partial charge is 0.368 e. The zero-order valence-electron chi connectivity index (χ0n) is 5.37. The molecule has 0 fully saturated rings. The maximum Gasteiger partial charge on any atom is 0.221 e. The molecule has 3 nitrogen and oxygen atoms in total. The van der Waals surface area contributed by atoms with Crippen molar-refractivity contribution in [2.45, 2.75) is 11.4 Å². The van der Waals surface area contributed by atoms with Crippen molar-refractivity contribution in [3.05, 3.63) is 11.8 Å². The van der Waals surface area contributed by atoms with Crippen molar-refractivity contribution in [3.63, 3.8) is 0 Å². The molecule has 0 spiro atoms. The average molecular weight is 153 g/mol. The highest BCUT2D eigenvalue weighted by Crippen LogP contribution is 2.28. The number of nitrogens with zero attached hydrogens (tertiary/aromatic N) is 2. The molecule has 0 atom stereocenters. The molecule has 0 unspecified atom stereocenters. The Labute approximate surface area is 63.1 Å². The van der Waals surface area contributed by atoms with E-state index in [0.29, 0.717) is 5.95 Å². The van der Waals surface area contributed by atoms with Crippen LogP contribution in [-0.4, -0.2) is 15.7 Å². The fourth-order valence-corrected chi connectivity index (χ4v) is 1.97. The van der Waals surface area contributed by atoms with Crippen molar-refractivity contribution in [2.75, 3.05) is 11.5 Å². The van der Waals surface area contributed by atoms with Crippen molar-refractivity contribution in [2.24, 2.45) is 0 Å². The molecule has 1 aliphatic heterocycles. The Balaban J connectivity index is 2.52. The van der Waals surface area contributed by atoms with E-state index in [4.69, 9.17) is 5.73 Å². The zero-order valence-corrected chi connectivity index (χ0v) is 6.19. The second-order valence-corrected chi connectivity index (χ2v) is 3.24. The monoisotopic (exact) mass is 153 g/mol. The lowest BCUT2D eigenvalue weighted by molar-refractivity contribution is 0.996. The second kappa shape index (κ2) is 2.12. The molecule has 4 heteroatoms. The summed E-state index contributed by atoms with van der Waals surface area (Å²) in [5.74, 6) is 1.50. The van der Waals surface area contributed by atoms with Crippen molar-refractivity contribution in [1.82, 2.24) is 9.97 Å². The summed E-state index contributed by atoms with van der Waals surface area (Å²) in [6.07, 6.45) is 2.90. The molecule has 1 aromatic heterocycles. The van der Waals surface area contributed by atoms with Crippen molar-refractivity contribution >= 4 is 17.7 Å². The van der Waals surface area contributed by atoms with E-state index in [0.717, 1.165) is 17.2 Å². The summed E-state index contributed by atoms with van der Waals surface area (Å²) in [5.41, 5.74) is 6.63. The first-order valence-corrected chi connectivity index (χ1v) is 4.09. The van der Waals surface area contributed by atoms with Crippen LogP contribution in [0.3, 0.4) is 0 Å². The lowest BCUT2D eigenvalue weighted by Crippen LogP contribution is -1.95. The Bertz CT molecular complexity index is 261. The average Bonchev–Trinajstić information content (AvgIpc) is 2.33. The van der Waals surface area contributed by atoms with E-state index in [2.05, 4.69) is 9.97 Å². The van der Waals surface area contributed by atoms with Gasteiger partial charge >= 0.3 is 0 Å². The van der Waals surface area contributed by atoms with Gasteiger partial charge in [0.15, 0.2) is 0 Å². The Hall–Kier alpha value is -0.770. The van der Waals surface area contributed by atoms with Gasteiger partial charge in [-0.15, -0.1) is 11.8 Å². The van der Waals surface area contributed by atoms with Crippen molar-refractivity contribution < 1.29 is 0 Å². The number of thioether (sulfide) groups is 1. The van der Waals surface area contributed by atoms with E-state index in [1.165, 1.54) is 5.56 Å². The van der Waals surface area contributed by atoms with Gasteiger partial charge in [-0.1, -0.05) is 0 Å². The topological polar surface area (TPSA) is 51.8 Å². The smallest absolute Gasteiger partial charge is 0.221 e. The number of aryl methyl sites for hydroxylation is 1. The van der Waals surface area contributed by atoms with E-state index < -0.39 is 0 Å². The number of hydrogen-bond donors (Lipinski definition) is 1. The second-order valence-electron chi connectivity index (χ2n) is 2.16. The minimum absolute atomic E-state index is 0.383. The molecular formula is C6H7N3S. The molecule has 2 N–H and O–H groups in total. The van der Waals surface area contributed by atoms with Gasteiger partial charge in [0.1, 0.15) is 5.03 Å². The molecule has 2 heterocycles. The van der Waals surface area contributed by atoms with E-state index in [9.17, 15) is 0 Å². The summed E-state index contributed by atoms with van der Waals surface area (Å²) in [7, 11) is 0. The van der Waals surface area contributed by atoms with E-state index in [1.807, 2.05) is 6.20 Å². The van der Waals surface area contributed by atoms with Crippen LogP contribution < -0.4 is 5.73 Å². The van der Waals surface area contributed by atoms with E-state index >= 15 is 0 Å². The summed E-state index contributed by atoms with van der Waals surface area (Å²) in [6.45, 7) is 0. The summed E-state index contributed by atoms with van der Waals surface area (Å²) in [6, 6.07) is 0. The maximum absolute atomic E-state index is 5.40. The van der Waals surface area contributed by atoms with Gasteiger partial charge in [0.05, 0.1) is 0 Å². The Morgan fingerprint density at radius 2 is 2.50 bits per heavy atom. The van der Waals surface area contributed by atoms with Gasteiger partial charge in [0, 0.05) is 17.5 Å². The van der Waals surface area contributed by atoms with Crippen LogP contribution in [0.15, 0.2) is 11.2 Å². The number of anilines is 1. The van der Waals surface area contributed by atoms with Gasteiger partial charge in [-0.25, -0.2) is 9.97 Å². The number of nitrogen functional groups attached to an aromatic ring is 1. The normalized spacial score (nSPS) is 15.2. The molecule has 0 radical (unpaired) electrons. The first-order valence-electron chi connectivity index (χ1n) is 3.10. The van der Waals surface area contributed by atoms with Gasteiger partial charge in [-0.2, -0.15) is 0 Å². The quantitative estimate of drug-likeness (QED) is 0.558. The highest BCUT2D eigenvalue weighted by molar-refractivity contribution is 7.99. The molecule has 1 aliphatic rings. The fourth-order valence-electron chi connectivity index (χ4n) is 0.958. The van der Waals surface area contributed by atoms with Gasteiger partial charge in [-0.05, 0) is 6.42 Å². The molecule has 0 aliphatic carbocycles. The van der Waals surface area contributed by atoms with Crippen LogP contribution in [0.5, 0.6) is 0 Å². The molecule has 0 amide bonds. The van der Waals surface area contributed by atoms with Gasteiger partial charge in [0.25, 0.3) is 0 Å². The lowest BCUT2D eigenvalue weighted by Gasteiger charge is -1.95. The summed E-state index contributed by atoms with van der Waals surface area (Å²) < 4.78 is 0. The zero-order chi connectivity index (χ0) is 6.97. The van der Waals surface area contributed by atoms with E-state index in [1.54, 1.807) is 11.8 Å². The number of fused-ring (bicyclic) bond motifs is 1. The van der Waals surface area contributed by atoms with Crippen LogP contribution >= 0.6 is 11.8 Å². The van der Waals surface area contributed by atoms with Crippen LogP contribution in [0.1, 0.15) is 5.56 Å². The third-order valence-electron chi connectivity index (χ3n) is 1.45. The fraction of sp³-hybridized carbons (Fsp3) is 0.333. The standard InChI is InChI=1S/C6H7N3S/c7-6-8-3-4-1-2-10-5(4)9-6/h3H,1-2H2,(H2,7,8,9). The summed E-state index contributed by atoms with van der Waals surface area (Å²) in [4.78, 5) is 7.99. The summed E-state index contributed by atoms with van der Waals surface area (Å²) in [5, 5.41) is 1.06. The molecule has 52 valence electrons. The third-order valence-corrected chi connectivity index (χ3v) is 2.49. The first kappa shape index (κ1) is 5.97. The number of aromatic nitrogens is 2. The Morgan fingerprint density at radius 1 is 1.60 bits per heavy atom. The molecule has 2 rings (SSSR count). The van der Waals surface area contributed by atoms with Crippen LogP contribution in [0.25, 0.3) is 0 Å². The maximum atomic E-state index is 5.40. The van der Waals surface area contributed by atoms with E-state index in [-0.39, 0.29) is 0 Å². The molecule has 0 aromatic carbocycles. The SMILES string of the molecule is Nc1ncc2c(n1)SCC2.